The van der Waals surface area contributed by atoms with Crippen molar-refractivity contribution in [1.29, 1.82) is 0 Å². The minimum absolute atomic E-state index is 0.0560. The number of aliphatic hydroxyl groups is 4. The molecule has 4 N–H and O–H groups in total. The fraction of sp³-hybridized carbons (Fsp3) is 1.00. The van der Waals surface area contributed by atoms with Gasteiger partial charge >= 0.3 is 112 Å². The average Bonchev–Trinajstić information content (AvgIpc) is 2.37. The molecule has 0 radical (unpaired) electrons. The summed E-state index contributed by atoms with van der Waals surface area (Å²) in [6.45, 7) is 1.20. The van der Waals surface area contributed by atoms with Crippen LogP contribution in [0, 0.1) is 5.92 Å². The summed E-state index contributed by atoms with van der Waals surface area (Å²) in [5, 5.41) is 37.7. The summed E-state index contributed by atoms with van der Waals surface area (Å²) in [6, 6.07) is 0. The Hall–Kier alpha value is -0.385. The molecule has 0 bridgehead atoms. The van der Waals surface area contributed by atoms with E-state index >= 15 is 0 Å². The van der Waals surface area contributed by atoms with Gasteiger partial charge in [0.05, 0.1) is 0 Å². The molecule has 112 valence electrons. The van der Waals surface area contributed by atoms with Crippen LogP contribution in [0.25, 0.3) is 0 Å². The van der Waals surface area contributed by atoms with Gasteiger partial charge in [0.2, 0.25) is 0 Å². The summed E-state index contributed by atoms with van der Waals surface area (Å²) < 4.78 is 33.1. The second-order valence-electron chi connectivity index (χ2n) is 4.76. The first-order chi connectivity index (χ1) is 8.70. The normalized spacial score (nSPS) is 14.7. The van der Waals surface area contributed by atoms with Gasteiger partial charge in [-0.05, 0) is 0 Å². The van der Waals surface area contributed by atoms with Crippen LogP contribution in [0.2, 0.25) is 0 Å². The molecule has 1 atom stereocenters. The molecule has 0 saturated carbocycles. The topological polar surface area (TPSA) is 135 Å². The van der Waals surface area contributed by atoms with Gasteiger partial charge in [0, 0.05) is 0 Å². The number of hydrogen-bond acceptors (Lipinski definition) is 8. The van der Waals surface area contributed by atoms with Gasteiger partial charge in [-0.2, -0.15) is 0 Å². The summed E-state index contributed by atoms with van der Waals surface area (Å²) in [5.74, 6) is -0.0560. The second-order valence-corrected chi connectivity index (χ2v) is 6.55. The molecule has 0 heterocycles. The predicted molar refractivity (Wildman–Crippen MR) is 66.6 cm³/mol. The van der Waals surface area contributed by atoms with E-state index in [0.717, 1.165) is 0 Å². The summed E-state index contributed by atoms with van der Waals surface area (Å²) in [4.78, 5) is 0.594. The zero-order valence-corrected chi connectivity index (χ0v) is 11.7. The average molecular weight is 297 g/mol. The van der Waals surface area contributed by atoms with E-state index in [1.54, 1.807) is 13.8 Å². The van der Waals surface area contributed by atoms with Crippen molar-refractivity contribution in [2.75, 3.05) is 19.9 Å². The standard InChI is InChI=1S/C9H20BNO7S/c1-7(2)3-9(4-12,5-13)11(6-14)8(15)19(17,18)10-16/h7-8,12-15H,3-6H2,1-2H3. The molecule has 0 aliphatic heterocycles. The maximum absolute atomic E-state index is 11.3. The van der Waals surface area contributed by atoms with Gasteiger partial charge in [-0.25, -0.2) is 0 Å². The molecular weight excluding hydrogens is 277 g/mol. The summed E-state index contributed by atoms with van der Waals surface area (Å²) in [5.41, 5.74) is -3.87. The molecule has 0 rings (SSSR count). The first-order valence-corrected chi connectivity index (χ1v) is 7.28. The molecule has 0 aliphatic rings. The SMILES string of the molecule is CC(C)CC(CO)(CO)N(CO)C(O)S(=O)(=O)B=O. The van der Waals surface area contributed by atoms with E-state index in [9.17, 15) is 33.5 Å². The first-order valence-electron chi connectivity index (χ1n) is 5.67. The minimum atomic E-state index is -4.53. The predicted octanol–water partition coefficient (Wildman–Crippen LogP) is -2.34. The molecule has 10 heteroatoms. The van der Waals surface area contributed by atoms with Gasteiger partial charge in [0.25, 0.3) is 0 Å². The van der Waals surface area contributed by atoms with Gasteiger partial charge < -0.3 is 0 Å². The fourth-order valence-electron chi connectivity index (χ4n) is 1.92. The van der Waals surface area contributed by atoms with Gasteiger partial charge in [0.15, 0.2) is 0 Å². The quantitative estimate of drug-likeness (QED) is 0.275. The van der Waals surface area contributed by atoms with Crippen molar-refractivity contribution >= 4 is 16.1 Å². The Morgan fingerprint density at radius 2 is 1.68 bits per heavy atom. The monoisotopic (exact) mass is 297 g/mol. The van der Waals surface area contributed by atoms with Crippen LogP contribution in [0.4, 0.5) is 0 Å². The zero-order chi connectivity index (χ0) is 15.3. The van der Waals surface area contributed by atoms with Crippen LogP contribution >= 0.6 is 0 Å². The molecular formula is C9H20BNO7S. The van der Waals surface area contributed by atoms with Crippen LogP contribution in [0.1, 0.15) is 20.3 Å². The Bertz CT molecular complexity index is 382. The Balaban J connectivity index is 5.54. The summed E-state index contributed by atoms with van der Waals surface area (Å²) in [6.07, 6.45) is -0.318. The van der Waals surface area contributed by atoms with Gasteiger partial charge in [-0.3, -0.25) is 0 Å². The third-order valence-electron chi connectivity index (χ3n) is 2.83. The number of aliphatic hydroxyl groups excluding tert-OH is 4. The molecule has 0 spiro atoms. The van der Waals surface area contributed by atoms with E-state index in [0.29, 0.717) is 4.90 Å². The molecule has 1 unspecified atom stereocenters. The van der Waals surface area contributed by atoms with E-state index < -0.39 is 47.2 Å². The van der Waals surface area contributed by atoms with E-state index in [-0.39, 0.29) is 12.3 Å². The van der Waals surface area contributed by atoms with Crippen LogP contribution in [0.15, 0.2) is 0 Å². The van der Waals surface area contributed by atoms with Crippen molar-refractivity contribution in [3.63, 3.8) is 0 Å². The van der Waals surface area contributed by atoms with Crippen LogP contribution in [-0.2, 0) is 14.4 Å². The maximum atomic E-state index is 11.3. The Kier molecular flexibility index (Phi) is 7.26. The molecule has 0 amide bonds. The molecule has 19 heavy (non-hydrogen) atoms. The van der Waals surface area contributed by atoms with E-state index in [4.69, 9.17) is 0 Å². The third kappa shape index (κ3) is 4.30. The molecule has 0 aliphatic carbocycles. The molecule has 0 aromatic rings. The summed E-state index contributed by atoms with van der Waals surface area (Å²) >= 11 is 0. The Morgan fingerprint density at radius 1 is 1.21 bits per heavy atom. The number of hydrogen-bond donors (Lipinski definition) is 4. The third-order valence-corrected chi connectivity index (χ3v) is 3.94. The fourth-order valence-corrected chi connectivity index (χ4v) is 2.66. The van der Waals surface area contributed by atoms with Crippen molar-refractivity contribution in [2.24, 2.45) is 5.92 Å². The first kappa shape index (κ1) is 18.6. The van der Waals surface area contributed by atoms with Gasteiger partial charge in [-0.15, -0.1) is 0 Å². The Morgan fingerprint density at radius 3 is 1.95 bits per heavy atom. The van der Waals surface area contributed by atoms with Crippen LogP contribution < -0.4 is 0 Å². The van der Waals surface area contributed by atoms with Crippen molar-refractivity contribution in [1.82, 2.24) is 4.90 Å². The van der Waals surface area contributed by atoms with Crippen molar-refractivity contribution < 1.29 is 33.5 Å². The van der Waals surface area contributed by atoms with Crippen molar-refractivity contribution in [2.45, 2.75) is 31.4 Å². The van der Waals surface area contributed by atoms with Gasteiger partial charge in [0.1, 0.15) is 0 Å². The molecule has 0 saturated heterocycles. The van der Waals surface area contributed by atoms with Crippen LogP contribution in [0.5, 0.6) is 0 Å². The van der Waals surface area contributed by atoms with Gasteiger partial charge in [-0.1, -0.05) is 0 Å². The van der Waals surface area contributed by atoms with Crippen molar-refractivity contribution in [3.8, 4) is 0 Å². The van der Waals surface area contributed by atoms with E-state index in [1.165, 1.54) is 0 Å². The van der Waals surface area contributed by atoms with Crippen LogP contribution in [0.3, 0.4) is 0 Å². The number of rotatable bonds is 9. The van der Waals surface area contributed by atoms with E-state index in [1.807, 2.05) is 0 Å². The molecule has 8 nitrogen and oxygen atoms in total. The number of nitrogens with zero attached hydrogens (tertiary/aromatic N) is 1. The van der Waals surface area contributed by atoms with Crippen LogP contribution in [-0.4, -0.2) is 71.2 Å². The van der Waals surface area contributed by atoms with E-state index in [2.05, 4.69) is 0 Å². The Labute approximate surface area is 112 Å². The molecule has 0 fully saturated rings. The molecule has 0 aromatic heterocycles. The zero-order valence-electron chi connectivity index (χ0n) is 10.9. The van der Waals surface area contributed by atoms with Crippen molar-refractivity contribution in [3.05, 3.63) is 0 Å². The second kappa shape index (κ2) is 7.41. The summed E-state index contributed by atoms with van der Waals surface area (Å²) in [7, 11) is -4.53. The molecule has 0 aromatic carbocycles.